The number of carboxylic acid groups (broad SMARTS) is 1. The summed E-state index contributed by atoms with van der Waals surface area (Å²) in [5.74, 6) is 0.819. The zero-order valence-corrected chi connectivity index (χ0v) is 9.60. The van der Waals surface area contributed by atoms with E-state index in [2.05, 4.69) is 17.4 Å². The van der Waals surface area contributed by atoms with Crippen LogP contribution in [-0.4, -0.2) is 35.7 Å². The topological polar surface area (TPSA) is 52.6 Å². The van der Waals surface area contributed by atoms with Crippen molar-refractivity contribution in [3.63, 3.8) is 0 Å². The lowest BCUT2D eigenvalue weighted by atomic mass is 9.87. The van der Waals surface area contributed by atoms with Crippen molar-refractivity contribution >= 4 is 11.8 Å². The van der Waals surface area contributed by atoms with E-state index in [1.165, 1.54) is 11.3 Å². The van der Waals surface area contributed by atoms with Crippen LogP contribution in [0.2, 0.25) is 0 Å². The maximum atomic E-state index is 11.1. The Bertz CT molecular complexity index is 447. The van der Waals surface area contributed by atoms with Gasteiger partial charge in [-0.05, 0) is 24.0 Å². The zero-order chi connectivity index (χ0) is 11.8. The van der Waals surface area contributed by atoms with Crippen LogP contribution in [0.15, 0.2) is 24.3 Å². The number of nitrogens with zero attached hydrogens (tertiary/aromatic N) is 1. The first-order chi connectivity index (χ1) is 8.25. The van der Waals surface area contributed by atoms with Crippen molar-refractivity contribution in [1.82, 2.24) is 4.90 Å². The van der Waals surface area contributed by atoms with Gasteiger partial charge in [0.15, 0.2) is 0 Å². The maximum Gasteiger partial charge on any atom is 0.407 e. The quantitative estimate of drug-likeness (QED) is 0.721. The van der Waals surface area contributed by atoms with Crippen LogP contribution in [-0.2, 0) is 0 Å². The van der Waals surface area contributed by atoms with Gasteiger partial charge in [-0.25, -0.2) is 4.79 Å². The van der Waals surface area contributed by atoms with Gasteiger partial charge in [0.25, 0.3) is 0 Å². The van der Waals surface area contributed by atoms with Crippen molar-refractivity contribution in [2.45, 2.75) is 12.3 Å². The maximum absolute atomic E-state index is 11.1. The minimum Gasteiger partial charge on any atom is -0.465 e. The Labute approximate surface area is 100 Å². The molecule has 2 aliphatic heterocycles. The van der Waals surface area contributed by atoms with Gasteiger partial charge in [-0.1, -0.05) is 18.2 Å². The second-order valence-corrected chi connectivity index (χ2v) is 4.86. The lowest BCUT2D eigenvalue weighted by Crippen LogP contribution is -2.27. The highest BCUT2D eigenvalue weighted by molar-refractivity contribution is 5.66. The molecule has 3 rings (SSSR count). The summed E-state index contributed by atoms with van der Waals surface area (Å²) in [6.45, 7) is 2.25. The van der Waals surface area contributed by atoms with Crippen LogP contribution in [0.4, 0.5) is 10.5 Å². The minimum atomic E-state index is -0.788. The van der Waals surface area contributed by atoms with Crippen molar-refractivity contribution in [2.24, 2.45) is 5.92 Å². The van der Waals surface area contributed by atoms with E-state index in [1.54, 1.807) is 4.90 Å². The fourth-order valence-electron chi connectivity index (χ4n) is 3.05. The first-order valence-corrected chi connectivity index (χ1v) is 6.06. The third-order valence-corrected chi connectivity index (χ3v) is 3.90. The summed E-state index contributed by atoms with van der Waals surface area (Å²) in [6, 6.07) is 8.26. The SMILES string of the molecule is O=C(O)N1C[C@H]2CCNc3ccccc3[C@@H]2C1. The van der Waals surface area contributed by atoms with Crippen molar-refractivity contribution in [2.75, 3.05) is 25.0 Å². The first-order valence-electron chi connectivity index (χ1n) is 6.06. The zero-order valence-electron chi connectivity index (χ0n) is 9.60. The van der Waals surface area contributed by atoms with E-state index < -0.39 is 6.09 Å². The van der Waals surface area contributed by atoms with Crippen molar-refractivity contribution in [1.29, 1.82) is 0 Å². The summed E-state index contributed by atoms with van der Waals surface area (Å²) >= 11 is 0. The van der Waals surface area contributed by atoms with Gasteiger partial charge in [0.1, 0.15) is 0 Å². The van der Waals surface area contributed by atoms with Gasteiger partial charge in [-0.3, -0.25) is 0 Å². The molecule has 0 saturated carbocycles. The van der Waals surface area contributed by atoms with Crippen LogP contribution in [0, 0.1) is 5.92 Å². The van der Waals surface area contributed by atoms with Gasteiger partial charge in [-0.2, -0.15) is 0 Å². The number of hydrogen-bond donors (Lipinski definition) is 2. The lowest BCUT2D eigenvalue weighted by Gasteiger charge is -2.16. The largest absolute Gasteiger partial charge is 0.465 e. The molecule has 4 heteroatoms. The molecule has 90 valence electrons. The molecule has 2 atom stereocenters. The minimum absolute atomic E-state index is 0.359. The Balaban J connectivity index is 1.95. The van der Waals surface area contributed by atoms with E-state index in [-0.39, 0.29) is 0 Å². The number of carbonyl (C=O) groups is 1. The van der Waals surface area contributed by atoms with E-state index >= 15 is 0 Å². The first kappa shape index (κ1) is 10.4. The van der Waals surface area contributed by atoms with Crippen LogP contribution >= 0.6 is 0 Å². The molecule has 0 unspecified atom stereocenters. The number of hydrogen-bond acceptors (Lipinski definition) is 2. The summed E-state index contributed by atoms with van der Waals surface area (Å²) in [5, 5.41) is 12.5. The number of nitrogens with one attached hydrogen (secondary N) is 1. The predicted octanol–water partition coefficient (Wildman–Crippen LogP) is 2.20. The van der Waals surface area contributed by atoms with Crippen LogP contribution in [0.5, 0.6) is 0 Å². The Morgan fingerprint density at radius 2 is 2.18 bits per heavy atom. The molecule has 2 aliphatic rings. The molecule has 0 aliphatic carbocycles. The van der Waals surface area contributed by atoms with E-state index in [0.29, 0.717) is 24.9 Å². The second-order valence-electron chi connectivity index (χ2n) is 4.86. The van der Waals surface area contributed by atoms with Crippen LogP contribution in [0.25, 0.3) is 0 Å². The molecule has 2 N–H and O–H groups in total. The summed E-state index contributed by atoms with van der Waals surface area (Å²) in [5.41, 5.74) is 2.45. The number of likely N-dealkylation sites (tertiary alicyclic amines) is 1. The highest BCUT2D eigenvalue weighted by Crippen LogP contribution is 2.40. The van der Waals surface area contributed by atoms with Crippen molar-refractivity contribution in [3.8, 4) is 0 Å². The molecule has 1 saturated heterocycles. The van der Waals surface area contributed by atoms with Gasteiger partial charge in [0, 0.05) is 31.2 Å². The van der Waals surface area contributed by atoms with Crippen LogP contribution in [0.3, 0.4) is 0 Å². The fraction of sp³-hybridized carbons (Fsp3) is 0.462. The molecule has 0 bridgehead atoms. The molecule has 0 spiro atoms. The summed E-state index contributed by atoms with van der Waals surface area (Å²) in [4.78, 5) is 12.6. The smallest absolute Gasteiger partial charge is 0.407 e. The molecular formula is C13H16N2O2. The Morgan fingerprint density at radius 3 is 3.00 bits per heavy atom. The number of amides is 1. The average molecular weight is 232 g/mol. The summed E-state index contributed by atoms with van der Waals surface area (Å²) in [6.07, 6.45) is 0.256. The number of anilines is 1. The van der Waals surface area contributed by atoms with E-state index in [0.717, 1.165) is 13.0 Å². The van der Waals surface area contributed by atoms with Gasteiger partial charge in [0.2, 0.25) is 0 Å². The van der Waals surface area contributed by atoms with E-state index in [9.17, 15) is 4.79 Å². The average Bonchev–Trinajstić information content (AvgIpc) is 2.67. The Hall–Kier alpha value is -1.71. The number of rotatable bonds is 0. The van der Waals surface area contributed by atoms with Gasteiger partial charge in [0.05, 0.1) is 0 Å². The monoisotopic (exact) mass is 232 g/mol. The van der Waals surface area contributed by atoms with E-state index in [1.807, 2.05) is 12.1 Å². The second kappa shape index (κ2) is 3.95. The molecule has 1 amide bonds. The fourth-order valence-corrected chi connectivity index (χ4v) is 3.05. The number of para-hydroxylation sites is 1. The molecular weight excluding hydrogens is 216 g/mol. The molecule has 4 nitrogen and oxygen atoms in total. The summed E-state index contributed by atoms with van der Waals surface area (Å²) in [7, 11) is 0. The Kier molecular flexibility index (Phi) is 2.42. The highest BCUT2D eigenvalue weighted by Gasteiger charge is 2.37. The predicted molar refractivity (Wildman–Crippen MR) is 65.4 cm³/mol. The number of fused-ring (bicyclic) bond motifs is 3. The standard InChI is InChI=1S/C13H16N2O2/c16-13(17)15-7-9-5-6-14-12-4-2-1-3-10(12)11(9)8-15/h1-4,9,11,14H,5-8H2,(H,16,17)/t9-,11-/m1/s1. The number of benzene rings is 1. The molecule has 0 radical (unpaired) electrons. The summed E-state index contributed by atoms with van der Waals surface area (Å²) < 4.78 is 0. The molecule has 1 fully saturated rings. The molecule has 17 heavy (non-hydrogen) atoms. The van der Waals surface area contributed by atoms with Gasteiger partial charge < -0.3 is 15.3 Å². The third-order valence-electron chi connectivity index (χ3n) is 3.90. The molecule has 2 heterocycles. The molecule has 0 aromatic heterocycles. The van der Waals surface area contributed by atoms with Crippen molar-refractivity contribution < 1.29 is 9.90 Å². The van der Waals surface area contributed by atoms with Gasteiger partial charge in [-0.15, -0.1) is 0 Å². The molecule has 1 aromatic carbocycles. The highest BCUT2D eigenvalue weighted by atomic mass is 16.4. The van der Waals surface area contributed by atoms with E-state index in [4.69, 9.17) is 5.11 Å². The normalized spacial score (nSPS) is 26.7. The van der Waals surface area contributed by atoms with Gasteiger partial charge >= 0.3 is 6.09 Å². The van der Waals surface area contributed by atoms with Crippen LogP contribution < -0.4 is 5.32 Å². The lowest BCUT2D eigenvalue weighted by molar-refractivity contribution is 0.153. The molecule has 1 aromatic rings. The Morgan fingerprint density at radius 1 is 1.35 bits per heavy atom. The van der Waals surface area contributed by atoms with Crippen LogP contribution in [0.1, 0.15) is 17.9 Å². The van der Waals surface area contributed by atoms with Crippen molar-refractivity contribution in [3.05, 3.63) is 29.8 Å². The third kappa shape index (κ3) is 1.73.